The second-order valence-corrected chi connectivity index (χ2v) is 4.47. The summed E-state index contributed by atoms with van der Waals surface area (Å²) in [6.45, 7) is 9.35. The summed E-state index contributed by atoms with van der Waals surface area (Å²) in [6, 6.07) is 0. The van der Waals surface area contributed by atoms with Gasteiger partial charge in [0.25, 0.3) is 0 Å². The average Bonchev–Trinajstić information content (AvgIpc) is 2.27. The Morgan fingerprint density at radius 1 is 1.36 bits per heavy atom. The Balaban J connectivity index is 2.90. The van der Waals surface area contributed by atoms with Gasteiger partial charge in [-0.25, -0.2) is 4.79 Å². The Bertz CT molecular complexity index is 325. The van der Waals surface area contributed by atoms with Crippen LogP contribution in [0.15, 0.2) is 6.20 Å². The van der Waals surface area contributed by atoms with E-state index in [1.165, 1.54) is 0 Å². The van der Waals surface area contributed by atoms with Crippen LogP contribution in [0.4, 0.5) is 0 Å². The molecule has 1 heterocycles. The zero-order valence-corrected chi connectivity index (χ0v) is 9.39. The van der Waals surface area contributed by atoms with E-state index in [-0.39, 0.29) is 5.97 Å². The summed E-state index contributed by atoms with van der Waals surface area (Å²) in [5.74, 6) is -0.256. The number of aromatic amines is 1. The van der Waals surface area contributed by atoms with E-state index in [0.717, 1.165) is 11.3 Å². The van der Waals surface area contributed by atoms with E-state index in [4.69, 9.17) is 4.74 Å². The number of H-pyrrole nitrogens is 1. The van der Waals surface area contributed by atoms with Crippen molar-refractivity contribution >= 4 is 5.97 Å². The van der Waals surface area contributed by atoms with E-state index in [2.05, 4.69) is 4.98 Å². The molecule has 0 unspecified atom stereocenters. The highest BCUT2D eigenvalue weighted by Crippen LogP contribution is 2.17. The van der Waals surface area contributed by atoms with Crippen LogP contribution in [-0.2, 0) is 4.74 Å². The molecule has 3 nitrogen and oxygen atoms in total. The average molecular weight is 195 g/mol. The van der Waals surface area contributed by atoms with Gasteiger partial charge in [0.2, 0.25) is 0 Å². The number of rotatable bonds is 1. The summed E-state index contributed by atoms with van der Waals surface area (Å²) >= 11 is 0. The molecule has 0 saturated carbocycles. The lowest BCUT2D eigenvalue weighted by Crippen LogP contribution is -2.24. The van der Waals surface area contributed by atoms with E-state index in [0.29, 0.717) is 5.56 Å². The van der Waals surface area contributed by atoms with Crippen molar-refractivity contribution in [3.8, 4) is 0 Å². The van der Waals surface area contributed by atoms with Crippen molar-refractivity contribution in [2.24, 2.45) is 0 Å². The van der Waals surface area contributed by atoms with Crippen LogP contribution in [-0.4, -0.2) is 16.6 Å². The SMILES string of the molecule is Cc1c[nH]c(C)c1C(=O)OC(C)(C)C. The number of hydrogen-bond acceptors (Lipinski definition) is 2. The number of esters is 1. The summed E-state index contributed by atoms with van der Waals surface area (Å²) in [4.78, 5) is 14.7. The Hall–Kier alpha value is -1.25. The molecule has 78 valence electrons. The van der Waals surface area contributed by atoms with Gasteiger partial charge >= 0.3 is 5.97 Å². The second-order valence-electron chi connectivity index (χ2n) is 4.47. The van der Waals surface area contributed by atoms with E-state index < -0.39 is 5.60 Å². The summed E-state index contributed by atoms with van der Waals surface area (Å²) in [5, 5.41) is 0. The number of hydrogen-bond donors (Lipinski definition) is 1. The molecule has 0 amide bonds. The molecule has 0 aliphatic heterocycles. The molecule has 0 fully saturated rings. The van der Waals surface area contributed by atoms with Crippen LogP contribution in [0.3, 0.4) is 0 Å². The minimum absolute atomic E-state index is 0.256. The zero-order valence-electron chi connectivity index (χ0n) is 9.39. The molecule has 1 rings (SSSR count). The quantitative estimate of drug-likeness (QED) is 0.700. The van der Waals surface area contributed by atoms with Crippen LogP contribution in [0.25, 0.3) is 0 Å². The van der Waals surface area contributed by atoms with Gasteiger partial charge < -0.3 is 9.72 Å². The van der Waals surface area contributed by atoms with E-state index in [1.54, 1.807) is 0 Å². The van der Waals surface area contributed by atoms with Crippen molar-refractivity contribution in [3.63, 3.8) is 0 Å². The molecular weight excluding hydrogens is 178 g/mol. The number of carbonyl (C=O) groups is 1. The molecule has 14 heavy (non-hydrogen) atoms. The van der Waals surface area contributed by atoms with Crippen molar-refractivity contribution < 1.29 is 9.53 Å². The summed E-state index contributed by atoms with van der Waals surface area (Å²) in [5.41, 5.74) is 2.00. The Kier molecular flexibility index (Phi) is 2.69. The van der Waals surface area contributed by atoms with Crippen LogP contribution < -0.4 is 0 Å². The molecule has 1 N–H and O–H groups in total. The molecule has 0 spiro atoms. The van der Waals surface area contributed by atoms with Crippen LogP contribution in [0.1, 0.15) is 42.4 Å². The third-order valence-corrected chi connectivity index (χ3v) is 1.88. The molecule has 1 aromatic heterocycles. The molecule has 0 saturated heterocycles. The van der Waals surface area contributed by atoms with Gasteiger partial charge in [-0.2, -0.15) is 0 Å². The molecule has 0 aliphatic carbocycles. The van der Waals surface area contributed by atoms with Crippen LogP contribution in [0, 0.1) is 13.8 Å². The number of aromatic nitrogens is 1. The minimum Gasteiger partial charge on any atom is -0.456 e. The molecule has 0 bridgehead atoms. The molecule has 0 radical (unpaired) electrons. The van der Waals surface area contributed by atoms with Gasteiger partial charge in [0.05, 0.1) is 5.56 Å². The summed E-state index contributed by atoms with van der Waals surface area (Å²) in [6.07, 6.45) is 1.81. The fourth-order valence-electron chi connectivity index (χ4n) is 1.30. The number of ether oxygens (including phenoxy) is 1. The standard InChI is InChI=1S/C11H17NO2/c1-7-6-12-8(2)9(7)10(13)14-11(3,4)5/h6,12H,1-5H3. The van der Waals surface area contributed by atoms with Crippen molar-refractivity contribution in [2.75, 3.05) is 0 Å². The van der Waals surface area contributed by atoms with Crippen LogP contribution >= 0.6 is 0 Å². The largest absolute Gasteiger partial charge is 0.456 e. The predicted octanol–water partition coefficient (Wildman–Crippen LogP) is 2.59. The molecular formula is C11H17NO2. The number of aryl methyl sites for hydroxylation is 2. The first-order valence-electron chi connectivity index (χ1n) is 4.69. The first kappa shape index (κ1) is 10.8. The maximum absolute atomic E-state index is 11.7. The normalized spacial score (nSPS) is 11.5. The molecule has 1 aromatic rings. The van der Waals surface area contributed by atoms with E-state index in [9.17, 15) is 4.79 Å². The lowest BCUT2D eigenvalue weighted by Gasteiger charge is -2.19. The number of nitrogens with one attached hydrogen (secondary N) is 1. The van der Waals surface area contributed by atoms with E-state index >= 15 is 0 Å². The van der Waals surface area contributed by atoms with Crippen molar-refractivity contribution in [1.82, 2.24) is 4.98 Å². The third kappa shape index (κ3) is 2.37. The van der Waals surface area contributed by atoms with Gasteiger partial charge in [-0.05, 0) is 40.2 Å². The lowest BCUT2D eigenvalue weighted by molar-refractivity contribution is 0.00683. The van der Waals surface area contributed by atoms with E-state index in [1.807, 2.05) is 40.8 Å². The summed E-state index contributed by atoms with van der Waals surface area (Å²) in [7, 11) is 0. The lowest BCUT2D eigenvalue weighted by atomic mass is 10.1. The van der Waals surface area contributed by atoms with Crippen LogP contribution in [0.2, 0.25) is 0 Å². The van der Waals surface area contributed by atoms with Crippen molar-refractivity contribution in [1.29, 1.82) is 0 Å². The van der Waals surface area contributed by atoms with Gasteiger partial charge in [-0.3, -0.25) is 0 Å². The van der Waals surface area contributed by atoms with Gasteiger partial charge in [0.15, 0.2) is 0 Å². The topological polar surface area (TPSA) is 42.1 Å². The third-order valence-electron chi connectivity index (χ3n) is 1.88. The fourth-order valence-corrected chi connectivity index (χ4v) is 1.30. The first-order chi connectivity index (χ1) is 6.31. The minimum atomic E-state index is -0.437. The Morgan fingerprint density at radius 3 is 2.29 bits per heavy atom. The predicted molar refractivity (Wildman–Crippen MR) is 55.4 cm³/mol. The Labute approximate surface area is 84.5 Å². The first-order valence-corrected chi connectivity index (χ1v) is 4.69. The fraction of sp³-hybridized carbons (Fsp3) is 0.545. The van der Waals surface area contributed by atoms with Crippen molar-refractivity contribution in [2.45, 2.75) is 40.2 Å². The highest BCUT2D eigenvalue weighted by atomic mass is 16.6. The zero-order chi connectivity index (χ0) is 10.9. The second kappa shape index (κ2) is 3.48. The van der Waals surface area contributed by atoms with Crippen molar-refractivity contribution in [3.05, 3.63) is 23.0 Å². The molecule has 0 atom stereocenters. The van der Waals surface area contributed by atoms with Gasteiger partial charge in [0, 0.05) is 11.9 Å². The molecule has 0 aromatic carbocycles. The maximum atomic E-state index is 11.7. The smallest absolute Gasteiger partial charge is 0.340 e. The monoisotopic (exact) mass is 195 g/mol. The molecule has 3 heteroatoms. The van der Waals surface area contributed by atoms with Gasteiger partial charge in [-0.1, -0.05) is 0 Å². The Morgan fingerprint density at radius 2 is 1.93 bits per heavy atom. The summed E-state index contributed by atoms with van der Waals surface area (Å²) < 4.78 is 5.28. The number of carbonyl (C=O) groups excluding carboxylic acids is 1. The highest BCUT2D eigenvalue weighted by Gasteiger charge is 2.21. The van der Waals surface area contributed by atoms with Crippen LogP contribution in [0.5, 0.6) is 0 Å². The van der Waals surface area contributed by atoms with Gasteiger partial charge in [-0.15, -0.1) is 0 Å². The van der Waals surface area contributed by atoms with Gasteiger partial charge in [0.1, 0.15) is 5.60 Å². The maximum Gasteiger partial charge on any atom is 0.340 e. The molecule has 0 aliphatic rings. The highest BCUT2D eigenvalue weighted by molar-refractivity contribution is 5.92.